The number of phenolic OH excluding ortho intramolecular Hbond substituents is 1. The molecule has 192 valence electrons. The number of phenols is 1. The molecule has 1 aromatic rings. The van der Waals surface area contributed by atoms with Crippen molar-refractivity contribution in [3.05, 3.63) is 34.4 Å². The lowest BCUT2D eigenvalue weighted by atomic mass is 9.34. The van der Waals surface area contributed by atoms with Gasteiger partial charge >= 0.3 is 5.97 Å². The zero-order valence-corrected chi connectivity index (χ0v) is 23.1. The Bertz CT molecular complexity index is 1120. The number of benzene rings is 1. The number of ether oxygens (including phenoxy) is 2. The van der Waals surface area contributed by atoms with E-state index in [0.29, 0.717) is 11.7 Å². The van der Waals surface area contributed by atoms with Gasteiger partial charge in [-0.1, -0.05) is 39.3 Å². The van der Waals surface area contributed by atoms with Crippen LogP contribution in [0.5, 0.6) is 11.5 Å². The molecule has 1 N–H and O–H groups in total. The summed E-state index contributed by atoms with van der Waals surface area (Å²) in [7, 11) is 3.18. The zero-order chi connectivity index (χ0) is 25.6. The van der Waals surface area contributed by atoms with E-state index in [4.69, 9.17) is 9.47 Å². The summed E-state index contributed by atoms with van der Waals surface area (Å²) < 4.78 is 10.9. The van der Waals surface area contributed by atoms with Crippen LogP contribution in [0.15, 0.2) is 17.7 Å². The molecule has 0 unspecified atom stereocenters. The molecule has 0 amide bonds. The highest BCUT2D eigenvalue weighted by atomic mass is 16.5. The van der Waals surface area contributed by atoms with Crippen LogP contribution in [0.3, 0.4) is 0 Å². The second-order valence-electron chi connectivity index (χ2n) is 13.4. The van der Waals surface area contributed by atoms with Gasteiger partial charge in [-0.05, 0) is 110 Å². The molecular weight excluding hydrogens is 436 g/mol. The predicted molar refractivity (Wildman–Crippen MR) is 139 cm³/mol. The summed E-state index contributed by atoms with van der Waals surface area (Å²) >= 11 is 0. The molecule has 6 atom stereocenters. The van der Waals surface area contributed by atoms with E-state index in [1.54, 1.807) is 19.8 Å². The average Bonchev–Trinajstić information content (AvgIpc) is 2.83. The zero-order valence-electron chi connectivity index (χ0n) is 23.1. The summed E-state index contributed by atoms with van der Waals surface area (Å²) in [5, 5.41) is 10.7. The smallest absolute Gasteiger partial charge is 0.311 e. The van der Waals surface area contributed by atoms with Crippen molar-refractivity contribution < 1.29 is 19.4 Å². The summed E-state index contributed by atoms with van der Waals surface area (Å²) in [5.74, 6) is 1.30. The molecule has 4 heteroatoms. The SMILES string of the molecule is COC(=O)[C@]1(C)CC[C@]2(C)CC[C@]3(C)C4=CCc5c(cc(OC)c(O)c5C)[C@]4(C)CC[C@@]3(C)[C@@H]2C1. The molecule has 0 bridgehead atoms. The van der Waals surface area contributed by atoms with Gasteiger partial charge in [-0.3, -0.25) is 4.79 Å². The molecule has 0 aliphatic heterocycles. The fourth-order valence-corrected chi connectivity index (χ4v) is 9.27. The molecule has 35 heavy (non-hydrogen) atoms. The van der Waals surface area contributed by atoms with Gasteiger partial charge in [0.05, 0.1) is 19.6 Å². The van der Waals surface area contributed by atoms with Gasteiger partial charge < -0.3 is 14.6 Å². The number of allylic oxidation sites excluding steroid dienone is 2. The van der Waals surface area contributed by atoms with Gasteiger partial charge in [0.2, 0.25) is 0 Å². The molecule has 0 radical (unpaired) electrons. The Morgan fingerprint density at radius 3 is 2.34 bits per heavy atom. The highest BCUT2D eigenvalue weighted by Gasteiger charge is 2.67. The number of carbonyl (C=O) groups excluding carboxylic acids is 1. The van der Waals surface area contributed by atoms with Crippen molar-refractivity contribution in [1.29, 1.82) is 0 Å². The molecule has 4 aliphatic rings. The Morgan fingerprint density at radius 1 is 1.00 bits per heavy atom. The van der Waals surface area contributed by atoms with Crippen LogP contribution in [0, 0.1) is 34.5 Å². The Labute approximate surface area is 211 Å². The van der Waals surface area contributed by atoms with Crippen molar-refractivity contribution in [1.82, 2.24) is 0 Å². The number of hydrogen-bond acceptors (Lipinski definition) is 4. The van der Waals surface area contributed by atoms with Crippen molar-refractivity contribution in [2.75, 3.05) is 14.2 Å². The highest BCUT2D eigenvalue weighted by Crippen LogP contribution is 2.74. The minimum absolute atomic E-state index is 0.0377. The molecular formula is C31H44O4. The summed E-state index contributed by atoms with van der Waals surface area (Å²) in [4.78, 5) is 12.9. The van der Waals surface area contributed by atoms with Gasteiger partial charge in [0.25, 0.3) is 0 Å². The third-order valence-corrected chi connectivity index (χ3v) is 11.9. The molecule has 3 saturated carbocycles. The maximum absolute atomic E-state index is 12.9. The van der Waals surface area contributed by atoms with E-state index in [1.165, 1.54) is 24.0 Å². The molecule has 1 aromatic carbocycles. The molecule has 0 aromatic heterocycles. The second-order valence-corrected chi connectivity index (χ2v) is 13.4. The van der Waals surface area contributed by atoms with Crippen molar-refractivity contribution in [2.45, 2.75) is 98.3 Å². The van der Waals surface area contributed by atoms with E-state index in [9.17, 15) is 9.90 Å². The topological polar surface area (TPSA) is 55.8 Å². The van der Waals surface area contributed by atoms with Gasteiger partial charge in [-0.2, -0.15) is 0 Å². The molecule has 0 heterocycles. The van der Waals surface area contributed by atoms with Crippen LogP contribution in [0.1, 0.15) is 96.3 Å². The first-order valence-corrected chi connectivity index (χ1v) is 13.5. The van der Waals surface area contributed by atoms with E-state index in [1.807, 2.05) is 6.92 Å². The fourth-order valence-electron chi connectivity index (χ4n) is 9.27. The maximum atomic E-state index is 12.9. The lowest BCUT2D eigenvalue weighted by Crippen LogP contribution is -2.62. The van der Waals surface area contributed by atoms with Crippen LogP contribution < -0.4 is 4.74 Å². The molecule has 3 fully saturated rings. The number of rotatable bonds is 2. The normalized spacial score (nSPS) is 42.1. The average molecular weight is 481 g/mol. The van der Waals surface area contributed by atoms with Crippen molar-refractivity contribution in [2.24, 2.45) is 27.6 Å². The second kappa shape index (κ2) is 7.52. The number of fused-ring (bicyclic) bond motifs is 7. The minimum atomic E-state index is -0.392. The van der Waals surface area contributed by atoms with Gasteiger partial charge in [0.1, 0.15) is 0 Å². The quantitative estimate of drug-likeness (QED) is 0.364. The monoisotopic (exact) mass is 480 g/mol. The number of esters is 1. The lowest BCUT2D eigenvalue weighted by Gasteiger charge is -2.70. The summed E-state index contributed by atoms with van der Waals surface area (Å²) in [6, 6.07) is 2.11. The van der Waals surface area contributed by atoms with Gasteiger partial charge in [0, 0.05) is 5.41 Å². The molecule has 4 aliphatic carbocycles. The third-order valence-electron chi connectivity index (χ3n) is 11.9. The van der Waals surface area contributed by atoms with Gasteiger partial charge in [-0.15, -0.1) is 0 Å². The Hall–Kier alpha value is -1.97. The lowest BCUT2D eigenvalue weighted by molar-refractivity contribution is -0.179. The van der Waals surface area contributed by atoms with E-state index >= 15 is 0 Å². The van der Waals surface area contributed by atoms with Crippen LogP contribution in [-0.4, -0.2) is 25.3 Å². The predicted octanol–water partition coefficient (Wildman–Crippen LogP) is 7.04. The Kier molecular flexibility index (Phi) is 5.31. The summed E-state index contributed by atoms with van der Waals surface area (Å²) in [6.07, 6.45) is 10.9. The molecule has 5 rings (SSSR count). The first kappa shape index (κ1) is 24.7. The number of methoxy groups -OCH3 is 2. The number of carbonyl (C=O) groups is 1. The van der Waals surface area contributed by atoms with E-state index in [0.717, 1.165) is 44.1 Å². The van der Waals surface area contributed by atoms with Crippen molar-refractivity contribution in [3.63, 3.8) is 0 Å². The first-order valence-electron chi connectivity index (χ1n) is 13.5. The van der Waals surface area contributed by atoms with Crippen LogP contribution in [0.4, 0.5) is 0 Å². The van der Waals surface area contributed by atoms with Crippen molar-refractivity contribution >= 4 is 5.97 Å². The number of hydrogen-bond donors (Lipinski definition) is 1. The summed E-state index contributed by atoms with van der Waals surface area (Å²) in [6.45, 7) is 14.1. The van der Waals surface area contributed by atoms with Crippen molar-refractivity contribution in [3.8, 4) is 11.5 Å². The largest absolute Gasteiger partial charge is 0.504 e. The Balaban J connectivity index is 1.61. The highest BCUT2D eigenvalue weighted by molar-refractivity contribution is 5.76. The van der Waals surface area contributed by atoms with Crippen LogP contribution in [-0.2, 0) is 21.4 Å². The van der Waals surface area contributed by atoms with E-state index in [-0.39, 0.29) is 33.4 Å². The first-order chi connectivity index (χ1) is 16.3. The minimum Gasteiger partial charge on any atom is -0.504 e. The summed E-state index contributed by atoms with van der Waals surface area (Å²) in [5.41, 5.74) is 5.12. The molecule has 4 nitrogen and oxygen atoms in total. The Morgan fingerprint density at radius 2 is 1.69 bits per heavy atom. The fraction of sp³-hybridized carbons (Fsp3) is 0.710. The van der Waals surface area contributed by atoms with Gasteiger partial charge in [-0.25, -0.2) is 0 Å². The van der Waals surface area contributed by atoms with Crippen LogP contribution in [0.2, 0.25) is 0 Å². The van der Waals surface area contributed by atoms with Gasteiger partial charge in [0.15, 0.2) is 11.5 Å². The molecule has 0 spiro atoms. The number of aromatic hydroxyl groups is 1. The van der Waals surface area contributed by atoms with E-state index < -0.39 is 5.41 Å². The molecule has 0 saturated heterocycles. The van der Waals surface area contributed by atoms with E-state index in [2.05, 4.69) is 46.8 Å². The standard InChI is InChI=1S/C31H44O4/c1-19-20-9-10-23-29(4,21(20)17-22(34-7)25(19)32)14-16-31(6)24-18-28(3,26(33)35-8)12-11-27(24,2)13-15-30(23,31)5/h10,17,24,32H,9,11-16,18H2,1-8H3/t24-,27-,28-,29+,30-,31+/m1/s1. The van der Waals surface area contributed by atoms with Crippen LogP contribution in [0.25, 0.3) is 0 Å². The maximum Gasteiger partial charge on any atom is 0.311 e. The third kappa shape index (κ3) is 3.01. The van der Waals surface area contributed by atoms with Crippen LogP contribution >= 0.6 is 0 Å².